The van der Waals surface area contributed by atoms with Crippen molar-refractivity contribution in [2.45, 2.75) is 19.8 Å². The van der Waals surface area contributed by atoms with Crippen molar-refractivity contribution in [1.82, 2.24) is 0 Å². The fourth-order valence-electron chi connectivity index (χ4n) is 1.18. The van der Waals surface area contributed by atoms with Crippen LogP contribution in [0.4, 0.5) is 5.69 Å². The van der Waals surface area contributed by atoms with Crippen molar-refractivity contribution in [3.8, 4) is 5.75 Å². The van der Waals surface area contributed by atoms with Crippen molar-refractivity contribution < 1.29 is 44.2 Å². The number of unbranched alkanes of at least 4 members (excludes halogenated alkanes) is 1. The fraction of sp³-hybridized carbons (Fsp3) is 0.417. The molecule has 0 aliphatic heterocycles. The van der Waals surface area contributed by atoms with Crippen LogP contribution in [0.25, 0.3) is 0 Å². The minimum Gasteiger partial charge on any atom is -0.548 e. The number of carboxylic acids is 1. The van der Waals surface area contributed by atoms with Crippen LogP contribution in [-0.4, -0.2) is 19.1 Å². The summed E-state index contributed by atoms with van der Waals surface area (Å²) in [5.74, 6) is -0.323. The first-order chi connectivity index (χ1) is 7.72. The van der Waals surface area contributed by atoms with Gasteiger partial charge in [0.05, 0.1) is 19.1 Å². The van der Waals surface area contributed by atoms with Crippen molar-refractivity contribution in [3.63, 3.8) is 0 Å². The van der Waals surface area contributed by atoms with Crippen molar-refractivity contribution >= 4 is 11.7 Å². The van der Waals surface area contributed by atoms with Crippen molar-refractivity contribution in [3.05, 3.63) is 24.3 Å². The average Bonchev–Trinajstić information content (AvgIpc) is 2.28. The molecular formula is C12H16NNaO3. The number of hydrogen-bond acceptors (Lipinski definition) is 4. The van der Waals surface area contributed by atoms with Crippen LogP contribution in [0.15, 0.2) is 24.3 Å². The van der Waals surface area contributed by atoms with Crippen LogP contribution in [0.5, 0.6) is 5.75 Å². The van der Waals surface area contributed by atoms with E-state index in [2.05, 4.69) is 12.2 Å². The van der Waals surface area contributed by atoms with E-state index in [1.807, 2.05) is 12.1 Å². The van der Waals surface area contributed by atoms with Crippen LogP contribution in [0.3, 0.4) is 0 Å². The Morgan fingerprint density at radius 2 is 2.00 bits per heavy atom. The summed E-state index contributed by atoms with van der Waals surface area (Å²) in [6.45, 7) is 2.63. The van der Waals surface area contributed by atoms with Gasteiger partial charge in [0.15, 0.2) is 0 Å². The van der Waals surface area contributed by atoms with Gasteiger partial charge < -0.3 is 20.0 Å². The van der Waals surface area contributed by atoms with E-state index in [4.69, 9.17) is 4.74 Å². The molecule has 0 aromatic heterocycles. The van der Waals surface area contributed by atoms with Gasteiger partial charge in [-0.1, -0.05) is 13.3 Å². The van der Waals surface area contributed by atoms with Gasteiger partial charge in [-0.15, -0.1) is 0 Å². The number of rotatable bonds is 7. The molecule has 0 saturated carbocycles. The van der Waals surface area contributed by atoms with E-state index in [9.17, 15) is 9.90 Å². The predicted octanol–water partition coefficient (Wildman–Crippen LogP) is -1.97. The second-order valence-corrected chi connectivity index (χ2v) is 3.45. The van der Waals surface area contributed by atoms with E-state index in [1.165, 1.54) is 0 Å². The van der Waals surface area contributed by atoms with E-state index in [0.717, 1.165) is 24.3 Å². The molecule has 0 unspecified atom stereocenters. The Balaban J connectivity index is 0.00000256. The Kier molecular flexibility index (Phi) is 8.94. The molecule has 0 amide bonds. The van der Waals surface area contributed by atoms with Crippen molar-refractivity contribution in [2.75, 3.05) is 18.5 Å². The summed E-state index contributed by atoms with van der Waals surface area (Å²) in [6, 6.07) is 7.19. The van der Waals surface area contributed by atoms with Crippen LogP contribution in [-0.2, 0) is 4.79 Å². The molecule has 88 valence electrons. The zero-order valence-electron chi connectivity index (χ0n) is 10.4. The molecule has 0 saturated heterocycles. The third-order valence-electron chi connectivity index (χ3n) is 2.06. The summed E-state index contributed by atoms with van der Waals surface area (Å²) < 4.78 is 5.47. The van der Waals surface area contributed by atoms with Gasteiger partial charge in [0, 0.05) is 5.69 Å². The van der Waals surface area contributed by atoms with Gasteiger partial charge in [0.1, 0.15) is 5.75 Å². The molecule has 5 heteroatoms. The number of anilines is 1. The Hall–Kier alpha value is -0.710. The summed E-state index contributed by atoms with van der Waals surface area (Å²) in [5.41, 5.74) is 0.743. The maximum atomic E-state index is 10.2. The van der Waals surface area contributed by atoms with Gasteiger partial charge in [-0.05, 0) is 30.7 Å². The monoisotopic (exact) mass is 245 g/mol. The molecule has 0 bridgehead atoms. The molecule has 0 radical (unpaired) electrons. The molecule has 0 spiro atoms. The molecule has 1 N–H and O–H groups in total. The Labute approximate surface area is 124 Å². The van der Waals surface area contributed by atoms with E-state index in [-0.39, 0.29) is 36.1 Å². The summed E-state index contributed by atoms with van der Waals surface area (Å²) in [5, 5.41) is 12.9. The molecule has 0 heterocycles. The molecular weight excluding hydrogens is 229 g/mol. The zero-order valence-corrected chi connectivity index (χ0v) is 12.4. The number of hydrogen-bond donors (Lipinski definition) is 1. The fourth-order valence-corrected chi connectivity index (χ4v) is 1.18. The second kappa shape index (κ2) is 9.33. The van der Waals surface area contributed by atoms with Crippen LogP contribution >= 0.6 is 0 Å². The van der Waals surface area contributed by atoms with E-state index >= 15 is 0 Å². The van der Waals surface area contributed by atoms with Crippen LogP contribution < -0.4 is 44.7 Å². The van der Waals surface area contributed by atoms with Crippen molar-refractivity contribution in [2.24, 2.45) is 0 Å². The molecule has 1 rings (SSSR count). The number of carboxylic acid groups (broad SMARTS) is 1. The summed E-state index contributed by atoms with van der Waals surface area (Å²) in [7, 11) is 0. The van der Waals surface area contributed by atoms with Gasteiger partial charge >= 0.3 is 29.6 Å². The Morgan fingerprint density at radius 3 is 2.53 bits per heavy atom. The molecule has 0 atom stereocenters. The first kappa shape index (κ1) is 16.3. The first-order valence-electron chi connectivity index (χ1n) is 5.39. The summed E-state index contributed by atoms with van der Waals surface area (Å²) in [6.07, 6.45) is 2.13. The predicted molar refractivity (Wildman–Crippen MR) is 60.3 cm³/mol. The summed E-state index contributed by atoms with van der Waals surface area (Å²) >= 11 is 0. The number of aliphatic carboxylic acids is 1. The number of carbonyl (C=O) groups excluding carboxylic acids is 1. The summed E-state index contributed by atoms with van der Waals surface area (Å²) in [4.78, 5) is 10.2. The quantitative estimate of drug-likeness (QED) is 0.447. The largest absolute Gasteiger partial charge is 1.00 e. The zero-order chi connectivity index (χ0) is 11.8. The second-order valence-electron chi connectivity index (χ2n) is 3.45. The van der Waals surface area contributed by atoms with Crippen LogP contribution in [0, 0.1) is 0 Å². The average molecular weight is 245 g/mol. The Morgan fingerprint density at radius 1 is 1.35 bits per heavy atom. The number of benzene rings is 1. The van der Waals surface area contributed by atoms with Gasteiger partial charge in [0.25, 0.3) is 0 Å². The number of ether oxygens (including phenoxy) is 1. The topological polar surface area (TPSA) is 61.4 Å². The molecule has 1 aromatic carbocycles. The minimum atomic E-state index is -1.12. The standard InChI is InChI=1S/C12H17NO3.Na/c1-2-3-8-16-11-6-4-10(5-7-11)13-9-12(14)15;/h4-7,13H,2-3,8-9H2,1H3,(H,14,15);/q;+1/p-1. The normalized spacial score (nSPS) is 9.24. The molecule has 0 fully saturated rings. The molecule has 1 aromatic rings. The van der Waals surface area contributed by atoms with Gasteiger partial charge in [-0.2, -0.15) is 0 Å². The SMILES string of the molecule is CCCCOc1ccc(NCC(=O)[O-])cc1.[Na+]. The van der Waals surface area contributed by atoms with E-state index in [1.54, 1.807) is 12.1 Å². The molecule has 4 nitrogen and oxygen atoms in total. The maximum absolute atomic E-state index is 10.2. The minimum absolute atomic E-state index is 0. The van der Waals surface area contributed by atoms with Crippen LogP contribution in [0.2, 0.25) is 0 Å². The third kappa shape index (κ3) is 7.26. The van der Waals surface area contributed by atoms with Gasteiger partial charge in [-0.3, -0.25) is 0 Å². The number of nitrogens with one attached hydrogen (secondary N) is 1. The first-order valence-corrected chi connectivity index (χ1v) is 5.39. The number of carbonyl (C=O) groups is 1. The van der Waals surface area contributed by atoms with Gasteiger partial charge in [0.2, 0.25) is 0 Å². The third-order valence-corrected chi connectivity index (χ3v) is 2.06. The Bertz CT molecular complexity index is 327. The molecule has 17 heavy (non-hydrogen) atoms. The van der Waals surface area contributed by atoms with Crippen LogP contribution in [0.1, 0.15) is 19.8 Å². The molecule has 0 aliphatic carbocycles. The van der Waals surface area contributed by atoms with E-state index in [0.29, 0.717) is 6.61 Å². The van der Waals surface area contributed by atoms with Gasteiger partial charge in [-0.25, -0.2) is 0 Å². The molecule has 0 aliphatic rings. The van der Waals surface area contributed by atoms with Crippen molar-refractivity contribution in [1.29, 1.82) is 0 Å². The smallest absolute Gasteiger partial charge is 0.548 e. The van der Waals surface area contributed by atoms with E-state index < -0.39 is 5.97 Å². The maximum Gasteiger partial charge on any atom is 1.00 e.